The van der Waals surface area contributed by atoms with E-state index in [0.29, 0.717) is 11.4 Å². The lowest BCUT2D eigenvalue weighted by Crippen LogP contribution is -2.26. The van der Waals surface area contributed by atoms with Crippen LogP contribution in [0, 0.1) is 6.92 Å². The average molecular weight is 291 g/mol. The summed E-state index contributed by atoms with van der Waals surface area (Å²) in [6.45, 7) is 3.42. The van der Waals surface area contributed by atoms with Crippen LogP contribution in [0.25, 0.3) is 0 Å². The van der Waals surface area contributed by atoms with Gasteiger partial charge < -0.3 is 5.32 Å². The smallest absolute Gasteiger partial charge is 0.180 e. The molecule has 1 aliphatic heterocycles. The molecule has 3 rings (SSSR count). The molecule has 2 aromatic rings. The van der Waals surface area contributed by atoms with Crippen molar-refractivity contribution < 1.29 is 8.42 Å². The van der Waals surface area contributed by atoms with Crippen LogP contribution < -0.4 is 5.32 Å². The Morgan fingerprint density at radius 1 is 1.40 bits per heavy atom. The molecule has 1 unspecified atom stereocenters. The first-order valence-electron chi connectivity index (χ1n) is 6.60. The van der Waals surface area contributed by atoms with Crippen molar-refractivity contribution in [2.45, 2.75) is 24.4 Å². The Morgan fingerprint density at radius 3 is 2.95 bits per heavy atom. The predicted octanol–water partition coefficient (Wildman–Crippen LogP) is 1.31. The van der Waals surface area contributed by atoms with E-state index in [9.17, 15) is 8.42 Å². The second kappa shape index (κ2) is 5.03. The molecule has 2 heterocycles. The van der Waals surface area contributed by atoms with E-state index in [2.05, 4.69) is 10.4 Å². The lowest BCUT2D eigenvalue weighted by Gasteiger charge is -2.12. The molecule has 0 fully saturated rings. The van der Waals surface area contributed by atoms with E-state index in [-0.39, 0.29) is 11.8 Å². The normalized spacial score (nSPS) is 19.9. The van der Waals surface area contributed by atoms with E-state index in [0.717, 1.165) is 17.7 Å². The second-order valence-electron chi connectivity index (χ2n) is 5.11. The SMILES string of the molecule is Cc1cnn(CCNC2CS(=O)(=O)c3ccccc32)c1. The van der Waals surface area contributed by atoms with Gasteiger partial charge in [0.1, 0.15) is 0 Å². The van der Waals surface area contributed by atoms with Crippen LogP contribution >= 0.6 is 0 Å². The number of benzene rings is 1. The minimum absolute atomic E-state index is 0.118. The van der Waals surface area contributed by atoms with Crippen LogP contribution in [0.1, 0.15) is 17.2 Å². The van der Waals surface area contributed by atoms with Crippen LogP contribution in [0.2, 0.25) is 0 Å². The maximum atomic E-state index is 12.0. The minimum Gasteiger partial charge on any atom is -0.307 e. The zero-order chi connectivity index (χ0) is 14.2. The van der Waals surface area contributed by atoms with Crippen molar-refractivity contribution in [3.63, 3.8) is 0 Å². The average Bonchev–Trinajstić information content (AvgIpc) is 2.93. The van der Waals surface area contributed by atoms with E-state index >= 15 is 0 Å². The number of nitrogens with one attached hydrogen (secondary N) is 1. The Hall–Kier alpha value is -1.66. The highest BCUT2D eigenvalue weighted by molar-refractivity contribution is 7.91. The minimum atomic E-state index is -3.13. The molecule has 20 heavy (non-hydrogen) atoms. The fraction of sp³-hybridized carbons (Fsp3) is 0.357. The van der Waals surface area contributed by atoms with Gasteiger partial charge in [-0.1, -0.05) is 18.2 Å². The summed E-state index contributed by atoms with van der Waals surface area (Å²) in [5.74, 6) is 0.143. The molecule has 5 nitrogen and oxygen atoms in total. The van der Waals surface area contributed by atoms with Crippen molar-refractivity contribution in [2.75, 3.05) is 12.3 Å². The summed E-state index contributed by atoms with van der Waals surface area (Å²) < 4.78 is 25.9. The maximum Gasteiger partial charge on any atom is 0.180 e. The molecule has 0 bridgehead atoms. The highest BCUT2D eigenvalue weighted by Crippen LogP contribution is 2.32. The van der Waals surface area contributed by atoms with E-state index in [1.54, 1.807) is 12.1 Å². The molecule has 0 amide bonds. The van der Waals surface area contributed by atoms with Gasteiger partial charge in [0.05, 0.1) is 23.4 Å². The van der Waals surface area contributed by atoms with E-state index < -0.39 is 9.84 Å². The Morgan fingerprint density at radius 2 is 2.20 bits per heavy atom. The third-order valence-electron chi connectivity index (χ3n) is 3.51. The highest BCUT2D eigenvalue weighted by atomic mass is 32.2. The van der Waals surface area contributed by atoms with Crippen molar-refractivity contribution in [3.8, 4) is 0 Å². The van der Waals surface area contributed by atoms with Crippen LogP contribution in [-0.4, -0.2) is 30.5 Å². The molecule has 0 saturated carbocycles. The van der Waals surface area contributed by atoms with E-state index in [1.165, 1.54) is 0 Å². The lowest BCUT2D eigenvalue weighted by atomic mass is 10.1. The standard InChI is InChI=1S/C14H17N3O2S/c1-11-8-16-17(9-11)7-6-15-13-10-20(18,19)14-5-3-2-4-12(13)14/h2-5,8-9,13,15H,6-7,10H2,1H3. The van der Waals surface area contributed by atoms with Crippen molar-refractivity contribution in [1.82, 2.24) is 15.1 Å². The molecule has 1 atom stereocenters. The van der Waals surface area contributed by atoms with Crippen LogP contribution in [0.15, 0.2) is 41.6 Å². The fourth-order valence-electron chi connectivity index (χ4n) is 2.56. The number of hydrogen-bond acceptors (Lipinski definition) is 4. The molecular formula is C14H17N3O2S. The van der Waals surface area contributed by atoms with Gasteiger partial charge in [-0.2, -0.15) is 5.10 Å². The predicted molar refractivity (Wildman–Crippen MR) is 76.2 cm³/mol. The molecule has 1 N–H and O–H groups in total. The van der Waals surface area contributed by atoms with Gasteiger partial charge in [-0.3, -0.25) is 4.68 Å². The summed E-state index contributed by atoms with van der Waals surface area (Å²) in [7, 11) is -3.13. The van der Waals surface area contributed by atoms with Crippen molar-refractivity contribution >= 4 is 9.84 Å². The Labute approximate surface area is 118 Å². The third-order valence-corrected chi connectivity index (χ3v) is 5.32. The van der Waals surface area contributed by atoms with Gasteiger partial charge in [0.2, 0.25) is 0 Å². The topological polar surface area (TPSA) is 64.0 Å². The number of aryl methyl sites for hydroxylation is 1. The van der Waals surface area contributed by atoms with E-state index in [1.807, 2.05) is 36.1 Å². The van der Waals surface area contributed by atoms with Gasteiger partial charge in [0.15, 0.2) is 9.84 Å². The zero-order valence-corrected chi connectivity index (χ0v) is 12.1. The molecule has 0 saturated heterocycles. The van der Waals surface area contributed by atoms with Crippen LogP contribution in [0.3, 0.4) is 0 Å². The van der Waals surface area contributed by atoms with Crippen molar-refractivity contribution in [2.24, 2.45) is 0 Å². The number of hydrogen-bond donors (Lipinski definition) is 1. The Kier molecular flexibility index (Phi) is 3.35. The molecular weight excluding hydrogens is 274 g/mol. The Balaban J connectivity index is 1.68. The summed E-state index contributed by atoms with van der Waals surface area (Å²) >= 11 is 0. The first-order valence-corrected chi connectivity index (χ1v) is 8.25. The summed E-state index contributed by atoms with van der Waals surface area (Å²) in [6.07, 6.45) is 3.79. The number of aromatic nitrogens is 2. The molecule has 1 aliphatic rings. The molecule has 1 aromatic carbocycles. The highest BCUT2D eigenvalue weighted by Gasteiger charge is 2.33. The molecule has 106 valence electrons. The van der Waals surface area contributed by atoms with E-state index in [4.69, 9.17) is 0 Å². The number of rotatable bonds is 4. The van der Waals surface area contributed by atoms with Gasteiger partial charge >= 0.3 is 0 Å². The zero-order valence-electron chi connectivity index (χ0n) is 11.3. The summed E-state index contributed by atoms with van der Waals surface area (Å²) in [6, 6.07) is 7.10. The maximum absolute atomic E-state index is 12.0. The largest absolute Gasteiger partial charge is 0.307 e. The van der Waals surface area contributed by atoms with Gasteiger partial charge in [-0.05, 0) is 24.1 Å². The fourth-order valence-corrected chi connectivity index (χ4v) is 4.33. The van der Waals surface area contributed by atoms with Crippen LogP contribution in [-0.2, 0) is 16.4 Å². The van der Waals surface area contributed by atoms with Crippen LogP contribution in [0.5, 0.6) is 0 Å². The number of nitrogens with zero attached hydrogens (tertiary/aromatic N) is 2. The first-order chi connectivity index (χ1) is 9.56. The van der Waals surface area contributed by atoms with Crippen LogP contribution in [0.4, 0.5) is 0 Å². The molecule has 0 spiro atoms. The quantitative estimate of drug-likeness (QED) is 0.922. The molecule has 6 heteroatoms. The van der Waals surface area contributed by atoms with Crippen molar-refractivity contribution in [3.05, 3.63) is 47.8 Å². The van der Waals surface area contributed by atoms with Gasteiger partial charge in [0, 0.05) is 18.8 Å². The van der Waals surface area contributed by atoms with Gasteiger partial charge in [-0.15, -0.1) is 0 Å². The summed E-state index contributed by atoms with van der Waals surface area (Å²) in [5.41, 5.74) is 2.00. The van der Waals surface area contributed by atoms with Gasteiger partial charge in [-0.25, -0.2) is 8.42 Å². The molecule has 0 aliphatic carbocycles. The number of sulfone groups is 1. The third kappa shape index (κ3) is 2.48. The first kappa shape index (κ1) is 13.3. The van der Waals surface area contributed by atoms with Gasteiger partial charge in [0.25, 0.3) is 0 Å². The number of fused-ring (bicyclic) bond motifs is 1. The molecule has 1 aromatic heterocycles. The second-order valence-corrected chi connectivity index (χ2v) is 7.11. The monoisotopic (exact) mass is 291 g/mol. The molecule has 0 radical (unpaired) electrons. The summed E-state index contributed by atoms with van der Waals surface area (Å²) in [5, 5.41) is 7.52. The summed E-state index contributed by atoms with van der Waals surface area (Å²) in [4.78, 5) is 0.465. The Bertz CT molecular complexity index is 722. The van der Waals surface area contributed by atoms with Crippen molar-refractivity contribution in [1.29, 1.82) is 0 Å². The lowest BCUT2D eigenvalue weighted by molar-refractivity contribution is 0.508.